The average molecular weight is 1150 g/mol. The number of aliphatic hydroxyl groups excluding tert-OH is 1. The molecule has 5 aromatic rings. The molecule has 4 aliphatic rings. The number of nitrogen functional groups attached to an aromatic ring is 1. The summed E-state index contributed by atoms with van der Waals surface area (Å²) in [4.78, 5) is 85.1. The summed E-state index contributed by atoms with van der Waals surface area (Å²) in [5.41, 5.74) is 12.9. The summed E-state index contributed by atoms with van der Waals surface area (Å²) >= 11 is 0. The van der Waals surface area contributed by atoms with Crippen LogP contribution in [0.5, 0.6) is 11.5 Å². The standard InChI is InChI=1S/C54H70N10O14P2/c1-10-63-38-23-40-36(21-34(38)30(3)25-53(63,5)6)44(37-22-35-31(4)26-54(7,8)64(11-2)39(35)24-41(37)75-40)32-15-12-13-16-33(32)50(67)61(9)20-14-17-43(65)56-18-19-57-52(68)77-47-46(66)42(27-74-80(72,73)78-79(69,70)71)76-51(47)62-29-60-45-48(55)58-28-59-49(45)62/h12-13,15-16,21-24,28-31,42,46-47,51,66H,10-11,14,17-20,25-27H2,1-9H3,(H6-,55,56,57,58,59,65,68,69,70,71,72,73)/p+1/t30?,31?,42-,46-,47-,51-/m1/s1. The van der Waals surface area contributed by atoms with Crippen molar-refractivity contribution >= 4 is 61.8 Å². The Morgan fingerprint density at radius 1 is 0.938 bits per heavy atom. The molecule has 430 valence electrons. The van der Waals surface area contributed by atoms with E-state index in [4.69, 9.17) is 29.7 Å². The van der Waals surface area contributed by atoms with Crippen molar-refractivity contribution in [2.45, 2.75) is 129 Å². The van der Waals surface area contributed by atoms with Gasteiger partial charge in [-0.15, -0.1) is 0 Å². The Labute approximate surface area is 462 Å². The first-order chi connectivity index (χ1) is 37.7. The summed E-state index contributed by atoms with van der Waals surface area (Å²) in [7, 11) is -9.10. The van der Waals surface area contributed by atoms with Crippen LogP contribution in [0.2, 0.25) is 0 Å². The van der Waals surface area contributed by atoms with Crippen molar-refractivity contribution in [1.82, 2.24) is 39.6 Å². The number of carbonyl (C=O) groups is 3. The number of phosphoric ester groups is 1. The van der Waals surface area contributed by atoms with Gasteiger partial charge in [-0.3, -0.25) is 18.7 Å². The van der Waals surface area contributed by atoms with Crippen molar-refractivity contribution in [1.29, 1.82) is 0 Å². The number of phosphoric acid groups is 2. The Kier molecular flexibility index (Phi) is 16.4. The molecule has 3 aromatic carbocycles. The quantitative estimate of drug-likeness (QED) is 0.0341. The Morgan fingerprint density at radius 3 is 2.39 bits per heavy atom. The normalized spacial score (nSPS) is 22.5. The second-order valence-corrected chi connectivity index (χ2v) is 24.9. The van der Waals surface area contributed by atoms with Gasteiger partial charge >= 0.3 is 21.7 Å². The van der Waals surface area contributed by atoms with Crippen molar-refractivity contribution < 1.29 is 66.3 Å². The number of rotatable bonds is 18. The second kappa shape index (κ2) is 22.5. The van der Waals surface area contributed by atoms with Gasteiger partial charge in [-0.05, 0) is 95.5 Å². The number of aromatic nitrogens is 4. The molecule has 0 radical (unpaired) electrons. The number of nitrogens with zero attached hydrogens (tertiary/aromatic N) is 7. The number of nitrogens with one attached hydrogen (secondary N) is 2. The van der Waals surface area contributed by atoms with E-state index in [1.807, 2.05) is 24.3 Å². The summed E-state index contributed by atoms with van der Waals surface area (Å²) in [6, 6.07) is 16.7. The molecule has 2 aromatic heterocycles. The number of nitrogens with two attached hydrogens (primary N) is 1. The molecular weight excluding hydrogens is 1070 g/mol. The highest BCUT2D eigenvalue weighted by Crippen LogP contribution is 2.58. The molecule has 0 saturated carbocycles. The average Bonchev–Trinajstić information content (AvgIpc) is 3.97. The molecule has 0 spiro atoms. The predicted molar refractivity (Wildman–Crippen MR) is 295 cm³/mol. The van der Waals surface area contributed by atoms with Crippen LogP contribution in [0.15, 0.2) is 61.2 Å². The highest BCUT2D eigenvalue weighted by atomic mass is 31.3. The van der Waals surface area contributed by atoms with Gasteiger partial charge in [-0.2, -0.15) is 4.31 Å². The molecule has 80 heavy (non-hydrogen) atoms. The number of hydrogen-bond donors (Lipinski definition) is 7. The van der Waals surface area contributed by atoms with E-state index in [-0.39, 0.29) is 77.8 Å². The van der Waals surface area contributed by atoms with E-state index >= 15 is 0 Å². The van der Waals surface area contributed by atoms with Gasteiger partial charge in [0.2, 0.25) is 11.3 Å². The fourth-order valence-electron chi connectivity index (χ4n) is 12.2. The smallest absolute Gasteiger partial charge is 0.456 e. The largest absolute Gasteiger partial charge is 0.481 e. The maximum Gasteiger partial charge on any atom is 0.481 e. The number of ether oxygens (including phenoxy) is 3. The summed E-state index contributed by atoms with van der Waals surface area (Å²) in [5, 5.41) is 18.5. The zero-order chi connectivity index (χ0) is 57.8. The van der Waals surface area contributed by atoms with E-state index in [1.165, 1.54) is 22.0 Å². The van der Waals surface area contributed by atoms with Gasteiger partial charge in [0, 0.05) is 90.8 Å². The minimum absolute atomic E-state index is 0.00585. The summed E-state index contributed by atoms with van der Waals surface area (Å²) in [6.07, 6.45) is -2.56. The van der Waals surface area contributed by atoms with Gasteiger partial charge in [0.15, 0.2) is 29.3 Å². The zero-order valence-electron chi connectivity index (χ0n) is 46.3. The first kappa shape index (κ1) is 58.3. The highest BCUT2D eigenvalue weighted by molar-refractivity contribution is 7.60. The summed E-state index contributed by atoms with van der Waals surface area (Å²) in [6.45, 7) is 19.0. The van der Waals surface area contributed by atoms with Crippen LogP contribution in [0.4, 0.5) is 16.3 Å². The lowest BCUT2D eigenvalue weighted by Gasteiger charge is -2.47. The molecule has 4 aliphatic heterocycles. The molecule has 26 heteroatoms. The summed E-state index contributed by atoms with van der Waals surface area (Å²) < 4.78 is 54.0. The zero-order valence-corrected chi connectivity index (χ0v) is 48.1. The Hall–Kier alpha value is -6.33. The van der Waals surface area contributed by atoms with E-state index in [1.54, 1.807) is 11.9 Å². The Balaban J connectivity index is 0.869. The van der Waals surface area contributed by atoms with Crippen LogP contribution < -0.4 is 41.2 Å². The molecule has 3 amide bonds. The maximum atomic E-state index is 14.7. The Morgan fingerprint density at radius 2 is 1.66 bits per heavy atom. The van der Waals surface area contributed by atoms with Crippen LogP contribution in [0.3, 0.4) is 0 Å². The third-order valence-electron chi connectivity index (χ3n) is 15.6. The Bertz CT molecular complexity index is 3480. The van der Waals surface area contributed by atoms with Gasteiger partial charge in [-0.1, -0.05) is 32.0 Å². The van der Waals surface area contributed by atoms with Crippen molar-refractivity contribution in [3.63, 3.8) is 0 Å². The number of anilines is 2. The van der Waals surface area contributed by atoms with Crippen LogP contribution in [0, 0.1) is 0 Å². The molecule has 24 nitrogen and oxygen atoms in total. The van der Waals surface area contributed by atoms with Crippen LogP contribution >= 0.6 is 15.6 Å². The second-order valence-electron chi connectivity index (χ2n) is 22.1. The fourth-order valence-corrected chi connectivity index (χ4v) is 13.8. The minimum atomic E-state index is -5.46. The van der Waals surface area contributed by atoms with Gasteiger partial charge in [0.25, 0.3) is 5.91 Å². The van der Waals surface area contributed by atoms with Crippen LogP contribution in [0.1, 0.15) is 132 Å². The van der Waals surface area contributed by atoms with Crippen molar-refractivity contribution in [2.75, 3.05) is 57.0 Å². The van der Waals surface area contributed by atoms with Crippen LogP contribution in [-0.2, 0) is 32.2 Å². The first-order valence-corrected chi connectivity index (χ1v) is 29.8. The van der Waals surface area contributed by atoms with E-state index in [0.717, 1.165) is 76.7 Å². The lowest BCUT2D eigenvalue weighted by Crippen LogP contribution is -2.52. The molecule has 7 atom stereocenters. The molecule has 8 N–H and O–H groups in total. The van der Waals surface area contributed by atoms with Crippen molar-refractivity contribution in [3.05, 3.63) is 99.6 Å². The molecule has 1 saturated heterocycles. The third-order valence-corrected chi connectivity index (χ3v) is 17.7. The van der Waals surface area contributed by atoms with E-state index in [9.17, 15) is 33.5 Å². The van der Waals surface area contributed by atoms with Crippen LogP contribution in [-0.4, -0.2) is 138 Å². The number of aliphatic hydroxyl groups is 1. The van der Waals surface area contributed by atoms with E-state index in [2.05, 4.69) is 124 Å². The maximum absolute atomic E-state index is 14.7. The molecule has 0 aliphatic carbocycles. The lowest BCUT2D eigenvalue weighted by molar-refractivity contribution is -0.121. The summed E-state index contributed by atoms with van der Waals surface area (Å²) in [5.74, 6) is 1.48. The van der Waals surface area contributed by atoms with Gasteiger partial charge < -0.3 is 60.2 Å². The minimum Gasteiger partial charge on any atom is -0.456 e. The number of alkyl carbamates (subject to hydrolysis) is 1. The number of carbonyl (C=O) groups excluding carboxylic acids is 3. The van der Waals surface area contributed by atoms with Crippen molar-refractivity contribution in [2.24, 2.45) is 0 Å². The molecular formula is C54H71N10O14P2+. The number of imidazole rings is 1. The molecule has 9 rings (SSSR count). The lowest BCUT2D eigenvalue weighted by atomic mass is 9.77. The number of benzene rings is 3. The molecule has 6 heterocycles. The number of amides is 3. The fraction of sp³-hybridized carbons (Fsp3) is 0.500. The van der Waals surface area contributed by atoms with Crippen LogP contribution in [0.25, 0.3) is 16.7 Å². The predicted octanol–water partition coefficient (Wildman–Crippen LogP) is 4.92. The van der Waals surface area contributed by atoms with E-state index < -0.39 is 52.9 Å². The first-order valence-electron chi connectivity index (χ1n) is 26.8. The van der Waals surface area contributed by atoms with E-state index in [0.29, 0.717) is 12.0 Å². The third kappa shape index (κ3) is 11.7. The van der Waals surface area contributed by atoms with Gasteiger partial charge in [-0.25, -0.2) is 33.5 Å². The monoisotopic (exact) mass is 1150 g/mol. The molecule has 0 bridgehead atoms. The van der Waals surface area contributed by atoms with Gasteiger partial charge in [0.05, 0.1) is 19.0 Å². The molecule has 3 unspecified atom stereocenters. The van der Waals surface area contributed by atoms with Crippen molar-refractivity contribution in [3.8, 4) is 11.5 Å². The SMILES string of the molecule is CCN1c2cc3c(cc2C(C)CC1(C)C)C(c1ccccc1C(=O)N(C)CCCC(=O)NCCNC(=O)O[C@@H]1[C@H](O)[C@@H](COP(=O)(O)OP(=O)(O)O)O[C@H]1n1cnc2c(N)ncnc21)=c1cc2c(cc1O3)=[N+](CC)C(C)(C)CC2C. The highest BCUT2D eigenvalue weighted by Gasteiger charge is 2.49. The number of fused-ring (bicyclic) bond motifs is 5. The molecule has 1 fully saturated rings. The van der Waals surface area contributed by atoms with Gasteiger partial charge in [0.1, 0.15) is 42.1 Å². The topological polar surface area (TPSA) is 316 Å². The number of hydrogen-bond acceptors (Lipinski definition) is 16.